The van der Waals surface area contributed by atoms with Crippen LogP contribution in [0.4, 0.5) is 5.82 Å². The largest absolute Gasteiger partial charge is 0.386 e. The molecule has 0 radical (unpaired) electrons. The number of amides is 1. The summed E-state index contributed by atoms with van der Waals surface area (Å²) in [5.41, 5.74) is 10.4. The molecule has 2 heterocycles. The molecule has 72 valence electrons. The minimum atomic E-state index is -1.21. The molecular weight excluding hydrogens is 186 g/mol. The number of aliphatic imine (C=N–C) groups is 1. The van der Waals surface area contributed by atoms with Crippen LogP contribution in [0.1, 0.15) is 4.79 Å². The maximum Gasteiger partial charge on any atom is 0.269 e. The molecule has 2 rings (SSSR count). The van der Waals surface area contributed by atoms with Crippen LogP contribution in [0, 0.1) is 5.92 Å². The lowest BCUT2D eigenvalue weighted by atomic mass is 10.1. The number of hydrogen-bond donors (Lipinski definition) is 2. The zero-order valence-electron chi connectivity index (χ0n) is 7.04. The van der Waals surface area contributed by atoms with Crippen LogP contribution in [-0.4, -0.2) is 27.4 Å². The molecule has 0 fully saturated rings. The summed E-state index contributed by atoms with van der Waals surface area (Å²) in [5, 5.41) is 3.70. The van der Waals surface area contributed by atoms with E-state index in [1.54, 1.807) is 0 Å². The number of carbonyl (C=O) groups is 2. The van der Waals surface area contributed by atoms with E-state index in [4.69, 9.17) is 11.5 Å². The zero-order chi connectivity index (χ0) is 10.3. The lowest BCUT2D eigenvalue weighted by molar-refractivity contribution is -0.118. The maximum atomic E-state index is 11.6. The van der Waals surface area contributed by atoms with Gasteiger partial charge >= 0.3 is 0 Å². The molecule has 14 heavy (non-hydrogen) atoms. The number of fused-ring (bicyclic) bond motifs is 1. The van der Waals surface area contributed by atoms with Crippen molar-refractivity contribution in [2.45, 2.75) is 0 Å². The number of nitrogens with zero attached hydrogens (tertiary/aromatic N) is 3. The normalized spacial score (nSPS) is 20.1. The molecule has 1 aliphatic heterocycles. The van der Waals surface area contributed by atoms with E-state index in [-0.39, 0.29) is 5.84 Å². The summed E-state index contributed by atoms with van der Waals surface area (Å²) in [6.07, 6.45) is 1.40. The van der Waals surface area contributed by atoms with Gasteiger partial charge in [-0.1, -0.05) is 0 Å². The van der Waals surface area contributed by atoms with Gasteiger partial charge in [0.2, 0.25) is 5.91 Å². The lowest BCUT2D eigenvalue weighted by Crippen LogP contribution is -2.45. The van der Waals surface area contributed by atoms with E-state index in [9.17, 15) is 9.59 Å². The molecule has 1 aromatic rings. The molecule has 1 unspecified atom stereocenters. The molecule has 1 atom stereocenters. The second-order valence-electron chi connectivity index (χ2n) is 2.81. The highest BCUT2D eigenvalue weighted by Crippen LogP contribution is 2.19. The topological polar surface area (TPSA) is 116 Å². The van der Waals surface area contributed by atoms with Crippen LogP contribution >= 0.6 is 0 Å². The monoisotopic (exact) mass is 193 g/mol. The molecule has 1 aromatic heterocycles. The predicted molar refractivity (Wildman–Crippen MR) is 46.8 cm³/mol. The van der Waals surface area contributed by atoms with Gasteiger partial charge < -0.3 is 11.5 Å². The molecule has 7 nitrogen and oxygen atoms in total. The Labute approximate surface area is 78.4 Å². The zero-order valence-corrected chi connectivity index (χ0v) is 7.04. The summed E-state index contributed by atoms with van der Waals surface area (Å²) in [5.74, 6) is -2.37. The number of carbonyl (C=O) groups excluding carboxylic acids is 2. The van der Waals surface area contributed by atoms with Crippen molar-refractivity contribution in [3.8, 4) is 0 Å². The fourth-order valence-corrected chi connectivity index (χ4v) is 1.26. The number of aromatic nitrogens is 2. The molecular formula is C7H7N5O2. The number of primary amides is 1. The van der Waals surface area contributed by atoms with Gasteiger partial charge in [-0.25, -0.2) is 4.99 Å². The summed E-state index contributed by atoms with van der Waals surface area (Å²) in [6, 6.07) is 1.52. The van der Waals surface area contributed by atoms with Crippen molar-refractivity contribution in [2.75, 3.05) is 0 Å². The standard InChI is InChI=1S/C7H7N5O2/c8-5-4(6(9)13)7(14)12-3(11-5)1-2-10-12/h1-2,4H,(H2,8,11)(H2,9,13). The maximum absolute atomic E-state index is 11.6. The minimum absolute atomic E-state index is 0.0875. The molecule has 0 saturated carbocycles. The Hall–Kier alpha value is -2.18. The third kappa shape index (κ3) is 0.987. The van der Waals surface area contributed by atoms with Gasteiger partial charge in [-0.05, 0) is 0 Å². The fourth-order valence-electron chi connectivity index (χ4n) is 1.26. The smallest absolute Gasteiger partial charge is 0.269 e. The van der Waals surface area contributed by atoms with E-state index >= 15 is 0 Å². The Bertz CT molecular complexity index is 447. The van der Waals surface area contributed by atoms with Crippen molar-refractivity contribution in [3.05, 3.63) is 12.3 Å². The number of amidine groups is 1. The number of rotatable bonds is 1. The number of hydrogen-bond acceptors (Lipinski definition) is 5. The highest BCUT2D eigenvalue weighted by molar-refractivity contribution is 6.20. The lowest BCUT2D eigenvalue weighted by Gasteiger charge is -2.16. The third-order valence-electron chi connectivity index (χ3n) is 1.90. The van der Waals surface area contributed by atoms with Crippen LogP contribution in [0.5, 0.6) is 0 Å². The first-order chi connectivity index (χ1) is 6.61. The van der Waals surface area contributed by atoms with Crippen LogP contribution in [0.2, 0.25) is 0 Å². The molecule has 1 aliphatic rings. The predicted octanol–water partition coefficient (Wildman–Crippen LogP) is -1.37. The highest BCUT2D eigenvalue weighted by atomic mass is 16.2. The van der Waals surface area contributed by atoms with Gasteiger partial charge in [-0.3, -0.25) is 9.59 Å². The molecule has 0 spiro atoms. The molecule has 0 saturated heterocycles. The first-order valence-corrected chi connectivity index (χ1v) is 3.83. The van der Waals surface area contributed by atoms with E-state index in [2.05, 4.69) is 10.1 Å². The van der Waals surface area contributed by atoms with E-state index in [0.717, 1.165) is 4.68 Å². The van der Waals surface area contributed by atoms with E-state index in [1.165, 1.54) is 12.3 Å². The van der Waals surface area contributed by atoms with Gasteiger partial charge in [0.25, 0.3) is 5.91 Å². The Kier molecular flexibility index (Phi) is 1.60. The summed E-state index contributed by atoms with van der Waals surface area (Å²) >= 11 is 0. The molecule has 7 heteroatoms. The molecule has 1 amide bonds. The van der Waals surface area contributed by atoms with Crippen molar-refractivity contribution < 1.29 is 9.59 Å². The van der Waals surface area contributed by atoms with Gasteiger partial charge in [0.1, 0.15) is 5.84 Å². The van der Waals surface area contributed by atoms with Crippen molar-refractivity contribution >= 4 is 23.5 Å². The van der Waals surface area contributed by atoms with E-state index in [0.29, 0.717) is 5.82 Å². The van der Waals surface area contributed by atoms with Crippen molar-refractivity contribution in [2.24, 2.45) is 22.4 Å². The quantitative estimate of drug-likeness (QED) is 0.535. The van der Waals surface area contributed by atoms with Gasteiger partial charge in [-0.2, -0.15) is 9.78 Å². The van der Waals surface area contributed by atoms with Gasteiger partial charge in [0.05, 0.1) is 6.20 Å². The van der Waals surface area contributed by atoms with E-state index < -0.39 is 17.7 Å². The summed E-state index contributed by atoms with van der Waals surface area (Å²) in [6.45, 7) is 0. The summed E-state index contributed by atoms with van der Waals surface area (Å²) < 4.78 is 1.01. The van der Waals surface area contributed by atoms with Gasteiger partial charge in [-0.15, -0.1) is 0 Å². The molecule has 4 N–H and O–H groups in total. The van der Waals surface area contributed by atoms with Crippen LogP contribution in [-0.2, 0) is 4.79 Å². The number of nitrogens with two attached hydrogens (primary N) is 2. The van der Waals surface area contributed by atoms with Crippen LogP contribution < -0.4 is 11.5 Å². The van der Waals surface area contributed by atoms with Crippen LogP contribution in [0.15, 0.2) is 17.3 Å². The van der Waals surface area contributed by atoms with E-state index in [1.807, 2.05) is 0 Å². The molecule has 0 bridgehead atoms. The third-order valence-corrected chi connectivity index (χ3v) is 1.90. The second kappa shape index (κ2) is 2.66. The summed E-state index contributed by atoms with van der Waals surface area (Å²) in [4.78, 5) is 26.3. The van der Waals surface area contributed by atoms with Crippen LogP contribution in [0.3, 0.4) is 0 Å². The highest BCUT2D eigenvalue weighted by Gasteiger charge is 2.34. The average molecular weight is 193 g/mol. The van der Waals surface area contributed by atoms with Gasteiger partial charge in [0, 0.05) is 6.07 Å². The minimum Gasteiger partial charge on any atom is -0.386 e. The first-order valence-electron chi connectivity index (χ1n) is 3.83. The second-order valence-corrected chi connectivity index (χ2v) is 2.81. The average Bonchev–Trinajstić information content (AvgIpc) is 2.50. The summed E-state index contributed by atoms with van der Waals surface area (Å²) in [7, 11) is 0. The van der Waals surface area contributed by atoms with Crippen LogP contribution in [0.25, 0.3) is 0 Å². The Morgan fingerprint density at radius 3 is 2.93 bits per heavy atom. The Balaban J connectivity index is 2.55. The molecule has 0 aromatic carbocycles. The SMILES string of the molecule is NC(=O)C1C(=O)n2nccc2N=C1N. The van der Waals surface area contributed by atoms with Gasteiger partial charge in [0.15, 0.2) is 11.7 Å². The van der Waals surface area contributed by atoms with Crippen molar-refractivity contribution in [1.82, 2.24) is 9.78 Å². The Morgan fingerprint density at radius 2 is 2.29 bits per heavy atom. The first kappa shape index (κ1) is 8.42. The molecule has 0 aliphatic carbocycles. The van der Waals surface area contributed by atoms with Crippen molar-refractivity contribution in [1.29, 1.82) is 0 Å². The van der Waals surface area contributed by atoms with Crippen molar-refractivity contribution in [3.63, 3.8) is 0 Å². The fraction of sp³-hybridized carbons (Fsp3) is 0.143. The Morgan fingerprint density at radius 1 is 1.57 bits per heavy atom.